The first-order valence-electron chi connectivity index (χ1n) is 14.5. The van der Waals surface area contributed by atoms with Crippen LogP contribution in [0.1, 0.15) is 54.0 Å². The Labute approximate surface area is 257 Å². The van der Waals surface area contributed by atoms with Crippen LogP contribution in [0.5, 0.6) is 0 Å². The zero-order valence-corrected chi connectivity index (χ0v) is 26.0. The third-order valence-electron chi connectivity index (χ3n) is 7.34. The number of nitrogens with zero attached hydrogens (tertiary/aromatic N) is 3. The van der Waals surface area contributed by atoms with Gasteiger partial charge in [-0.25, -0.2) is 9.37 Å². The van der Waals surface area contributed by atoms with Crippen LogP contribution in [0.15, 0.2) is 77.7 Å². The van der Waals surface area contributed by atoms with E-state index in [0.29, 0.717) is 23.4 Å². The number of benzene rings is 3. The molecule has 0 aliphatic carbocycles. The lowest BCUT2D eigenvalue weighted by Crippen LogP contribution is -2.32. The van der Waals surface area contributed by atoms with Crippen LogP contribution in [0.2, 0.25) is 0 Å². The van der Waals surface area contributed by atoms with Crippen LogP contribution in [0.3, 0.4) is 0 Å². The van der Waals surface area contributed by atoms with Gasteiger partial charge in [0.2, 0.25) is 0 Å². The number of carbonyl (C=O) groups is 2. The van der Waals surface area contributed by atoms with E-state index in [4.69, 9.17) is 0 Å². The highest BCUT2D eigenvalue weighted by Crippen LogP contribution is 2.28. The SMILES string of the molecule is CCN(C)CCNC(=O)c1ccc(Nc2nc(-c3cccc(NC(=O)c4ccc(C(C)(C)C)cc4)c3F)cn(C)c2=O)cc1. The standard InChI is InChI=1S/C34H39FN6O3/c1-7-40(5)20-19-36-31(42)22-13-17-25(18-14-22)37-30-33(44)41(6)21-28(38-30)26-9-8-10-27(29(26)35)39-32(43)23-11-15-24(16-12-23)34(2,3)4/h8-18,21H,7,19-20H2,1-6H3,(H,36,42)(H,37,38)(H,39,43). The summed E-state index contributed by atoms with van der Waals surface area (Å²) >= 11 is 0. The Morgan fingerprint density at radius 2 is 1.59 bits per heavy atom. The maximum absolute atomic E-state index is 15.7. The van der Waals surface area contributed by atoms with Gasteiger partial charge in [0.15, 0.2) is 11.6 Å². The maximum atomic E-state index is 15.7. The number of rotatable bonds is 10. The molecule has 4 rings (SSSR count). The van der Waals surface area contributed by atoms with Gasteiger partial charge in [-0.3, -0.25) is 14.4 Å². The monoisotopic (exact) mass is 598 g/mol. The highest BCUT2D eigenvalue weighted by Gasteiger charge is 2.18. The molecule has 9 nitrogen and oxygen atoms in total. The van der Waals surface area contributed by atoms with E-state index in [9.17, 15) is 14.4 Å². The van der Waals surface area contributed by atoms with Gasteiger partial charge in [-0.1, -0.05) is 45.9 Å². The Hall–Kier alpha value is -4.83. The molecule has 0 radical (unpaired) electrons. The number of halogens is 1. The van der Waals surface area contributed by atoms with Gasteiger partial charge in [-0.15, -0.1) is 0 Å². The van der Waals surface area contributed by atoms with Gasteiger partial charge >= 0.3 is 0 Å². The second kappa shape index (κ2) is 13.6. The van der Waals surface area contributed by atoms with Gasteiger partial charge in [0, 0.05) is 48.7 Å². The number of carbonyl (C=O) groups excluding carboxylic acids is 2. The molecule has 230 valence electrons. The van der Waals surface area contributed by atoms with Gasteiger partial charge < -0.3 is 25.4 Å². The smallest absolute Gasteiger partial charge is 0.293 e. The van der Waals surface area contributed by atoms with Crippen molar-refractivity contribution in [1.82, 2.24) is 19.8 Å². The topological polar surface area (TPSA) is 108 Å². The van der Waals surface area contributed by atoms with Crippen LogP contribution >= 0.6 is 0 Å². The van der Waals surface area contributed by atoms with E-state index in [1.54, 1.807) is 49.5 Å². The first-order chi connectivity index (χ1) is 20.9. The van der Waals surface area contributed by atoms with Crippen LogP contribution in [-0.2, 0) is 12.5 Å². The molecule has 0 aliphatic heterocycles. The number of likely N-dealkylation sites (N-methyl/N-ethyl adjacent to an activating group) is 1. The molecular weight excluding hydrogens is 559 g/mol. The summed E-state index contributed by atoms with van der Waals surface area (Å²) in [7, 11) is 3.53. The number of amides is 2. The largest absolute Gasteiger partial charge is 0.351 e. The highest BCUT2D eigenvalue weighted by atomic mass is 19.1. The molecule has 2 amide bonds. The van der Waals surface area contributed by atoms with Crippen LogP contribution in [0.4, 0.5) is 21.6 Å². The van der Waals surface area contributed by atoms with Gasteiger partial charge in [0.1, 0.15) is 0 Å². The summed E-state index contributed by atoms with van der Waals surface area (Å²) in [5.41, 5.74) is 2.34. The number of anilines is 3. The number of hydrogen-bond donors (Lipinski definition) is 3. The third-order valence-corrected chi connectivity index (χ3v) is 7.34. The van der Waals surface area contributed by atoms with Gasteiger partial charge in [0.25, 0.3) is 17.4 Å². The van der Waals surface area contributed by atoms with Crippen molar-refractivity contribution in [2.45, 2.75) is 33.1 Å². The van der Waals surface area contributed by atoms with Crippen molar-refractivity contribution in [1.29, 1.82) is 0 Å². The van der Waals surface area contributed by atoms with Gasteiger partial charge in [0.05, 0.1) is 11.4 Å². The Bertz CT molecular complexity index is 1690. The van der Waals surface area contributed by atoms with Crippen LogP contribution in [-0.4, -0.2) is 52.9 Å². The predicted octanol–water partition coefficient (Wildman–Crippen LogP) is 5.56. The minimum atomic E-state index is -0.676. The first kappa shape index (κ1) is 32.1. The Morgan fingerprint density at radius 3 is 2.23 bits per heavy atom. The molecule has 3 N–H and O–H groups in total. The fourth-order valence-corrected chi connectivity index (χ4v) is 4.42. The van der Waals surface area contributed by atoms with Crippen molar-refractivity contribution in [3.05, 3.63) is 106 Å². The zero-order valence-electron chi connectivity index (χ0n) is 26.0. The molecule has 0 bridgehead atoms. The molecule has 1 heterocycles. The van der Waals surface area contributed by atoms with Gasteiger partial charge in [-0.05, 0) is 73.1 Å². The molecule has 4 aromatic rings. The van der Waals surface area contributed by atoms with E-state index in [1.807, 2.05) is 26.1 Å². The number of aromatic nitrogens is 2. The highest BCUT2D eigenvalue weighted by molar-refractivity contribution is 6.04. The number of hydrogen-bond acceptors (Lipinski definition) is 6. The summed E-state index contributed by atoms with van der Waals surface area (Å²) in [5, 5.41) is 8.52. The summed E-state index contributed by atoms with van der Waals surface area (Å²) in [6.45, 7) is 10.5. The summed E-state index contributed by atoms with van der Waals surface area (Å²) in [6, 6.07) is 18.5. The van der Waals surface area contributed by atoms with Crippen molar-refractivity contribution in [3.63, 3.8) is 0 Å². The lowest BCUT2D eigenvalue weighted by molar-refractivity contribution is 0.0949. The third kappa shape index (κ3) is 7.76. The molecule has 0 aliphatic rings. The van der Waals surface area contributed by atoms with E-state index in [2.05, 4.69) is 46.6 Å². The molecule has 10 heteroatoms. The Morgan fingerprint density at radius 1 is 0.955 bits per heavy atom. The maximum Gasteiger partial charge on any atom is 0.293 e. The molecule has 0 saturated carbocycles. The normalized spacial score (nSPS) is 11.4. The lowest BCUT2D eigenvalue weighted by Gasteiger charge is -2.19. The summed E-state index contributed by atoms with van der Waals surface area (Å²) < 4.78 is 17.0. The average molecular weight is 599 g/mol. The van der Waals surface area contributed by atoms with Crippen molar-refractivity contribution in [3.8, 4) is 11.3 Å². The summed E-state index contributed by atoms with van der Waals surface area (Å²) in [6.07, 6.45) is 1.44. The van der Waals surface area contributed by atoms with Crippen LogP contribution in [0.25, 0.3) is 11.3 Å². The summed E-state index contributed by atoms with van der Waals surface area (Å²) in [4.78, 5) is 44.8. The number of nitrogens with one attached hydrogen (secondary N) is 3. The fraction of sp³-hybridized carbons (Fsp3) is 0.294. The predicted molar refractivity (Wildman–Crippen MR) is 173 cm³/mol. The minimum Gasteiger partial charge on any atom is -0.351 e. The van der Waals surface area contributed by atoms with E-state index >= 15 is 4.39 Å². The second-order valence-corrected chi connectivity index (χ2v) is 11.7. The van der Waals surface area contributed by atoms with E-state index in [1.165, 1.54) is 22.9 Å². The van der Waals surface area contributed by atoms with Gasteiger partial charge in [-0.2, -0.15) is 0 Å². The van der Waals surface area contributed by atoms with E-state index < -0.39 is 17.3 Å². The molecule has 0 spiro atoms. The molecule has 0 atom stereocenters. The Kier molecular flexibility index (Phi) is 9.95. The van der Waals surface area contributed by atoms with Crippen molar-refractivity contribution in [2.75, 3.05) is 37.3 Å². The molecular formula is C34H39FN6O3. The fourth-order valence-electron chi connectivity index (χ4n) is 4.42. The molecule has 1 aromatic heterocycles. The van der Waals surface area contributed by atoms with Crippen molar-refractivity contribution < 1.29 is 14.0 Å². The molecule has 0 unspecified atom stereocenters. The lowest BCUT2D eigenvalue weighted by atomic mass is 9.87. The average Bonchev–Trinajstić information content (AvgIpc) is 3.00. The quantitative estimate of drug-likeness (QED) is 0.221. The summed E-state index contributed by atoms with van der Waals surface area (Å²) in [5.74, 6) is -1.33. The second-order valence-electron chi connectivity index (χ2n) is 11.7. The number of aryl methyl sites for hydroxylation is 1. The first-order valence-corrected chi connectivity index (χ1v) is 14.5. The van der Waals surface area contributed by atoms with Crippen LogP contribution < -0.4 is 21.5 Å². The molecule has 44 heavy (non-hydrogen) atoms. The molecule has 0 fully saturated rings. The van der Waals surface area contributed by atoms with Crippen molar-refractivity contribution in [2.24, 2.45) is 7.05 Å². The van der Waals surface area contributed by atoms with Crippen molar-refractivity contribution >= 4 is 29.0 Å². The minimum absolute atomic E-state index is 0.00670. The molecule has 0 saturated heterocycles. The Balaban J connectivity index is 1.51. The van der Waals surface area contributed by atoms with Crippen LogP contribution in [0, 0.1) is 5.82 Å². The van der Waals surface area contributed by atoms with E-state index in [-0.39, 0.29) is 34.1 Å². The zero-order chi connectivity index (χ0) is 32.0. The molecule has 3 aromatic carbocycles. The van der Waals surface area contributed by atoms with E-state index in [0.717, 1.165) is 18.7 Å².